The molecule has 94 valence electrons. The summed E-state index contributed by atoms with van der Waals surface area (Å²) in [6, 6.07) is 1.64. The molecular formula is C14H28N2. The van der Waals surface area contributed by atoms with Gasteiger partial charge in [-0.1, -0.05) is 26.2 Å². The maximum Gasteiger partial charge on any atom is 0.0220 e. The molecule has 2 nitrogen and oxygen atoms in total. The summed E-state index contributed by atoms with van der Waals surface area (Å²) >= 11 is 0. The molecule has 1 aliphatic heterocycles. The van der Waals surface area contributed by atoms with E-state index >= 15 is 0 Å². The van der Waals surface area contributed by atoms with Crippen LogP contribution in [0.3, 0.4) is 0 Å². The molecule has 0 aromatic heterocycles. The van der Waals surface area contributed by atoms with Crippen molar-refractivity contribution in [1.29, 1.82) is 0 Å². The van der Waals surface area contributed by atoms with Gasteiger partial charge in [-0.3, -0.25) is 4.90 Å². The minimum Gasteiger partial charge on any atom is -0.315 e. The van der Waals surface area contributed by atoms with Crippen molar-refractivity contribution in [3.63, 3.8) is 0 Å². The Labute approximate surface area is 101 Å². The standard InChI is InChI=1S/C14H28N2/c1-12-6-5-8-13(10-12)16(2)14-7-3-4-9-15-11-14/h12-15H,3-11H2,1-2H3. The highest BCUT2D eigenvalue weighted by Crippen LogP contribution is 2.28. The van der Waals surface area contributed by atoms with Gasteiger partial charge in [-0.25, -0.2) is 0 Å². The van der Waals surface area contributed by atoms with Crippen molar-refractivity contribution < 1.29 is 0 Å². The van der Waals surface area contributed by atoms with E-state index in [0.717, 1.165) is 18.0 Å². The largest absolute Gasteiger partial charge is 0.315 e. The smallest absolute Gasteiger partial charge is 0.0220 e. The van der Waals surface area contributed by atoms with Crippen LogP contribution in [0, 0.1) is 5.92 Å². The maximum atomic E-state index is 3.59. The van der Waals surface area contributed by atoms with Crippen LogP contribution in [0.5, 0.6) is 0 Å². The maximum absolute atomic E-state index is 3.59. The third kappa shape index (κ3) is 3.21. The monoisotopic (exact) mass is 224 g/mol. The van der Waals surface area contributed by atoms with Gasteiger partial charge in [0.15, 0.2) is 0 Å². The normalized spacial score (nSPS) is 37.3. The van der Waals surface area contributed by atoms with Gasteiger partial charge in [0.05, 0.1) is 0 Å². The van der Waals surface area contributed by atoms with E-state index in [0.29, 0.717) is 0 Å². The highest BCUT2D eigenvalue weighted by atomic mass is 15.2. The lowest BCUT2D eigenvalue weighted by Gasteiger charge is -2.38. The molecule has 3 atom stereocenters. The van der Waals surface area contributed by atoms with Gasteiger partial charge < -0.3 is 5.32 Å². The minimum atomic E-state index is 0.790. The van der Waals surface area contributed by atoms with E-state index in [1.165, 1.54) is 58.0 Å². The van der Waals surface area contributed by atoms with Gasteiger partial charge in [0.25, 0.3) is 0 Å². The van der Waals surface area contributed by atoms with E-state index in [2.05, 4.69) is 24.2 Å². The van der Waals surface area contributed by atoms with E-state index < -0.39 is 0 Å². The van der Waals surface area contributed by atoms with Crippen LogP contribution >= 0.6 is 0 Å². The number of hydrogen-bond donors (Lipinski definition) is 1. The van der Waals surface area contributed by atoms with Crippen molar-refractivity contribution in [2.45, 2.75) is 64.0 Å². The Morgan fingerprint density at radius 2 is 1.81 bits per heavy atom. The summed E-state index contributed by atoms with van der Waals surface area (Å²) in [6.07, 6.45) is 9.91. The molecule has 3 unspecified atom stereocenters. The molecule has 0 aromatic rings. The molecule has 1 heterocycles. The van der Waals surface area contributed by atoms with Crippen molar-refractivity contribution in [2.24, 2.45) is 5.92 Å². The first kappa shape index (κ1) is 12.4. The lowest BCUT2D eigenvalue weighted by Crippen LogP contribution is -2.46. The molecule has 2 rings (SSSR count). The zero-order valence-electron chi connectivity index (χ0n) is 11.0. The summed E-state index contributed by atoms with van der Waals surface area (Å²) in [5.74, 6) is 0.944. The van der Waals surface area contributed by atoms with E-state index in [1.54, 1.807) is 0 Å². The molecular weight excluding hydrogens is 196 g/mol. The molecule has 2 fully saturated rings. The molecule has 0 bridgehead atoms. The van der Waals surface area contributed by atoms with Gasteiger partial charge >= 0.3 is 0 Å². The summed E-state index contributed by atoms with van der Waals surface area (Å²) in [5, 5.41) is 3.59. The Kier molecular flexibility index (Phi) is 4.66. The number of rotatable bonds is 2. The van der Waals surface area contributed by atoms with Crippen LogP contribution in [0.1, 0.15) is 51.9 Å². The number of nitrogens with one attached hydrogen (secondary N) is 1. The number of hydrogen-bond acceptors (Lipinski definition) is 2. The van der Waals surface area contributed by atoms with Gasteiger partial charge in [-0.15, -0.1) is 0 Å². The van der Waals surface area contributed by atoms with E-state index in [4.69, 9.17) is 0 Å². The van der Waals surface area contributed by atoms with Gasteiger partial charge in [0, 0.05) is 18.6 Å². The number of nitrogens with zero attached hydrogens (tertiary/aromatic N) is 1. The average Bonchev–Trinajstić information content (AvgIpc) is 2.56. The van der Waals surface area contributed by atoms with Crippen LogP contribution < -0.4 is 5.32 Å². The Morgan fingerprint density at radius 1 is 1.00 bits per heavy atom. The summed E-state index contributed by atoms with van der Waals surface area (Å²) in [5.41, 5.74) is 0. The predicted octanol–water partition coefficient (Wildman–Crippen LogP) is 2.64. The zero-order chi connectivity index (χ0) is 11.4. The van der Waals surface area contributed by atoms with Crippen molar-refractivity contribution in [2.75, 3.05) is 20.1 Å². The Hall–Kier alpha value is -0.0800. The quantitative estimate of drug-likeness (QED) is 0.776. The lowest BCUT2D eigenvalue weighted by molar-refractivity contribution is 0.114. The van der Waals surface area contributed by atoms with Crippen molar-refractivity contribution >= 4 is 0 Å². The van der Waals surface area contributed by atoms with E-state index in [9.17, 15) is 0 Å². The highest BCUT2D eigenvalue weighted by Gasteiger charge is 2.27. The van der Waals surface area contributed by atoms with Crippen molar-refractivity contribution in [3.8, 4) is 0 Å². The molecule has 0 amide bonds. The van der Waals surface area contributed by atoms with Crippen LogP contribution in [-0.4, -0.2) is 37.1 Å². The van der Waals surface area contributed by atoms with E-state index in [-0.39, 0.29) is 0 Å². The fraction of sp³-hybridized carbons (Fsp3) is 1.00. The zero-order valence-corrected chi connectivity index (χ0v) is 11.0. The van der Waals surface area contributed by atoms with Crippen molar-refractivity contribution in [3.05, 3.63) is 0 Å². The summed E-state index contributed by atoms with van der Waals surface area (Å²) in [6.45, 7) is 4.86. The Morgan fingerprint density at radius 3 is 2.62 bits per heavy atom. The second-order valence-electron chi connectivity index (χ2n) is 5.94. The first-order valence-corrected chi connectivity index (χ1v) is 7.20. The molecule has 16 heavy (non-hydrogen) atoms. The van der Waals surface area contributed by atoms with Crippen LogP contribution in [0.15, 0.2) is 0 Å². The molecule has 0 radical (unpaired) electrons. The van der Waals surface area contributed by atoms with Crippen LogP contribution in [0.25, 0.3) is 0 Å². The topological polar surface area (TPSA) is 15.3 Å². The van der Waals surface area contributed by atoms with Crippen molar-refractivity contribution in [1.82, 2.24) is 10.2 Å². The molecule has 1 saturated heterocycles. The van der Waals surface area contributed by atoms with E-state index in [1.807, 2.05) is 0 Å². The average molecular weight is 224 g/mol. The van der Waals surface area contributed by atoms with Crippen LogP contribution in [-0.2, 0) is 0 Å². The fourth-order valence-electron chi connectivity index (χ4n) is 3.42. The Bertz CT molecular complexity index is 195. The third-order valence-corrected chi connectivity index (χ3v) is 4.58. The summed E-state index contributed by atoms with van der Waals surface area (Å²) in [7, 11) is 2.36. The SMILES string of the molecule is CC1CCCC(N(C)C2CCCCNC2)C1. The summed E-state index contributed by atoms with van der Waals surface area (Å²) < 4.78 is 0. The second-order valence-corrected chi connectivity index (χ2v) is 5.94. The van der Waals surface area contributed by atoms with Gasteiger partial charge in [-0.2, -0.15) is 0 Å². The molecule has 1 saturated carbocycles. The second kappa shape index (κ2) is 6.02. The highest BCUT2D eigenvalue weighted by molar-refractivity contribution is 4.83. The third-order valence-electron chi connectivity index (χ3n) is 4.58. The number of likely N-dealkylation sites (N-methyl/N-ethyl adjacent to an activating group) is 1. The van der Waals surface area contributed by atoms with Crippen LogP contribution in [0.4, 0.5) is 0 Å². The van der Waals surface area contributed by atoms with Gasteiger partial charge in [0.2, 0.25) is 0 Å². The fourth-order valence-corrected chi connectivity index (χ4v) is 3.42. The molecule has 1 aliphatic carbocycles. The molecule has 0 spiro atoms. The molecule has 2 heteroatoms. The predicted molar refractivity (Wildman–Crippen MR) is 69.7 cm³/mol. The van der Waals surface area contributed by atoms with Crippen LogP contribution in [0.2, 0.25) is 0 Å². The molecule has 0 aromatic carbocycles. The van der Waals surface area contributed by atoms with Gasteiger partial charge in [0.1, 0.15) is 0 Å². The lowest BCUT2D eigenvalue weighted by atomic mass is 9.85. The first-order chi connectivity index (χ1) is 7.77. The summed E-state index contributed by atoms with van der Waals surface area (Å²) in [4.78, 5) is 2.69. The van der Waals surface area contributed by atoms with Gasteiger partial charge in [-0.05, 0) is 45.2 Å². The molecule has 2 aliphatic rings. The first-order valence-electron chi connectivity index (χ1n) is 7.20. The Balaban J connectivity index is 1.86. The molecule has 1 N–H and O–H groups in total. The minimum absolute atomic E-state index is 0.790.